The number of fused-ring (bicyclic) bond motifs is 8. The number of allylic oxidation sites excluding steroid dienone is 4. The first-order valence-electron chi connectivity index (χ1n) is 11.5. The Bertz CT molecular complexity index is 1730. The fourth-order valence-corrected chi connectivity index (χ4v) is 5.24. The van der Waals surface area contributed by atoms with Gasteiger partial charge in [-0.1, -0.05) is 97.1 Å². The van der Waals surface area contributed by atoms with Crippen LogP contribution in [0.3, 0.4) is 0 Å². The van der Waals surface area contributed by atoms with Gasteiger partial charge in [-0.3, -0.25) is 4.40 Å². The maximum Gasteiger partial charge on any atom is 0.146 e. The van der Waals surface area contributed by atoms with Gasteiger partial charge in [-0.25, -0.2) is 4.98 Å². The van der Waals surface area contributed by atoms with Crippen LogP contribution in [0.1, 0.15) is 17.9 Å². The molecule has 0 saturated carbocycles. The fraction of sp³-hybridized carbons (Fsp3) is 0.0645. The topological polar surface area (TPSA) is 17.3 Å². The monoisotopic (exact) mass is 422 g/mol. The standard InChI is InChI=1S/C31H22N2/c1-2-8-21(9-3-1)22-14-16-23(17-15-22)24-18-19-30-28(20-24)32-31-27-12-5-4-10-25(27)26-11-6-7-13-29(26)33(30)31/h1-8,10-21H,9H2. The Morgan fingerprint density at radius 2 is 1.42 bits per heavy atom. The van der Waals surface area contributed by atoms with Crippen LogP contribution < -0.4 is 0 Å². The molecule has 0 amide bonds. The summed E-state index contributed by atoms with van der Waals surface area (Å²) in [6.45, 7) is 0. The van der Waals surface area contributed by atoms with Crippen LogP contribution in [0.2, 0.25) is 0 Å². The van der Waals surface area contributed by atoms with Gasteiger partial charge < -0.3 is 0 Å². The van der Waals surface area contributed by atoms with Crippen molar-refractivity contribution in [2.75, 3.05) is 0 Å². The number of para-hydroxylation sites is 1. The first-order chi connectivity index (χ1) is 16.4. The molecule has 0 spiro atoms. The normalized spacial score (nSPS) is 15.8. The highest BCUT2D eigenvalue weighted by atomic mass is 15.0. The summed E-state index contributed by atoms with van der Waals surface area (Å²) in [6, 6.07) is 32.9. The van der Waals surface area contributed by atoms with E-state index in [0.717, 1.165) is 23.1 Å². The molecular weight excluding hydrogens is 400 g/mol. The SMILES string of the molecule is C1=CCC(c2ccc(-c3ccc4c(c3)nc3c5ccccc5c5ccccc5n43)cc2)C=C1. The van der Waals surface area contributed by atoms with Gasteiger partial charge in [0.25, 0.3) is 0 Å². The van der Waals surface area contributed by atoms with E-state index in [1.54, 1.807) is 0 Å². The van der Waals surface area contributed by atoms with Crippen LogP contribution in [0.15, 0.2) is 115 Å². The smallest absolute Gasteiger partial charge is 0.146 e. The molecule has 0 radical (unpaired) electrons. The number of imidazole rings is 1. The van der Waals surface area contributed by atoms with Gasteiger partial charge in [0.05, 0.1) is 16.6 Å². The molecule has 2 heterocycles. The van der Waals surface area contributed by atoms with E-state index in [-0.39, 0.29) is 0 Å². The lowest BCUT2D eigenvalue weighted by Crippen LogP contribution is -1.95. The van der Waals surface area contributed by atoms with Crippen LogP contribution in [0.25, 0.3) is 49.5 Å². The van der Waals surface area contributed by atoms with Gasteiger partial charge in [-0.15, -0.1) is 0 Å². The molecule has 1 atom stereocenters. The van der Waals surface area contributed by atoms with E-state index in [4.69, 9.17) is 4.98 Å². The van der Waals surface area contributed by atoms with Crippen molar-refractivity contribution in [2.24, 2.45) is 0 Å². The Hall–Kier alpha value is -4.17. The average Bonchev–Trinajstić information content (AvgIpc) is 3.29. The Morgan fingerprint density at radius 3 is 2.24 bits per heavy atom. The van der Waals surface area contributed by atoms with Crippen LogP contribution in [0.5, 0.6) is 0 Å². The molecule has 0 bridgehead atoms. The second kappa shape index (κ2) is 7.18. The lowest BCUT2D eigenvalue weighted by molar-refractivity contribution is 0.854. The predicted molar refractivity (Wildman–Crippen MR) is 139 cm³/mol. The maximum absolute atomic E-state index is 5.12. The molecule has 7 rings (SSSR count). The molecule has 6 aromatic rings. The van der Waals surface area contributed by atoms with E-state index in [9.17, 15) is 0 Å². The summed E-state index contributed by atoms with van der Waals surface area (Å²) in [6.07, 6.45) is 9.87. The summed E-state index contributed by atoms with van der Waals surface area (Å²) in [5, 5.41) is 3.69. The van der Waals surface area contributed by atoms with Crippen molar-refractivity contribution in [3.05, 3.63) is 121 Å². The Morgan fingerprint density at radius 1 is 0.667 bits per heavy atom. The van der Waals surface area contributed by atoms with Gasteiger partial charge in [-0.05, 0) is 46.7 Å². The molecule has 0 aliphatic heterocycles. The molecule has 2 heteroatoms. The lowest BCUT2D eigenvalue weighted by Gasteiger charge is -2.14. The second-order valence-corrected chi connectivity index (χ2v) is 8.81. The molecule has 2 aromatic heterocycles. The minimum absolute atomic E-state index is 0.478. The quantitative estimate of drug-likeness (QED) is 0.258. The van der Waals surface area contributed by atoms with Crippen molar-refractivity contribution in [3.8, 4) is 11.1 Å². The summed E-state index contributed by atoms with van der Waals surface area (Å²) >= 11 is 0. The van der Waals surface area contributed by atoms with Crippen molar-refractivity contribution >= 4 is 38.4 Å². The Kier molecular flexibility index (Phi) is 4.00. The number of pyridine rings is 1. The molecule has 33 heavy (non-hydrogen) atoms. The molecule has 0 fully saturated rings. The van der Waals surface area contributed by atoms with E-state index in [0.29, 0.717) is 5.92 Å². The van der Waals surface area contributed by atoms with Crippen LogP contribution in [0.4, 0.5) is 0 Å². The van der Waals surface area contributed by atoms with Crippen molar-refractivity contribution in [3.63, 3.8) is 0 Å². The van der Waals surface area contributed by atoms with Crippen LogP contribution >= 0.6 is 0 Å². The fourth-order valence-electron chi connectivity index (χ4n) is 5.24. The summed E-state index contributed by atoms with van der Waals surface area (Å²) < 4.78 is 2.31. The van der Waals surface area contributed by atoms with Crippen molar-refractivity contribution in [1.29, 1.82) is 0 Å². The van der Waals surface area contributed by atoms with Crippen LogP contribution in [0, 0.1) is 0 Å². The molecule has 1 unspecified atom stereocenters. The highest BCUT2D eigenvalue weighted by molar-refractivity contribution is 6.13. The molecule has 4 aromatic carbocycles. The maximum atomic E-state index is 5.12. The summed E-state index contributed by atoms with van der Waals surface area (Å²) in [4.78, 5) is 5.12. The number of aromatic nitrogens is 2. The zero-order valence-electron chi connectivity index (χ0n) is 18.1. The number of nitrogens with zero attached hydrogens (tertiary/aromatic N) is 2. The zero-order chi connectivity index (χ0) is 21.8. The highest BCUT2D eigenvalue weighted by Gasteiger charge is 2.14. The number of hydrogen-bond donors (Lipinski definition) is 0. The summed E-state index contributed by atoms with van der Waals surface area (Å²) in [5.74, 6) is 0.478. The number of benzene rings is 4. The zero-order valence-corrected chi connectivity index (χ0v) is 18.1. The minimum Gasteiger partial charge on any atom is -0.292 e. The van der Waals surface area contributed by atoms with Gasteiger partial charge in [0, 0.05) is 16.7 Å². The average molecular weight is 423 g/mol. The first-order valence-corrected chi connectivity index (χ1v) is 11.5. The predicted octanol–water partition coefficient (Wildman–Crippen LogP) is 8.06. The summed E-state index contributed by atoms with van der Waals surface area (Å²) in [7, 11) is 0. The summed E-state index contributed by atoms with van der Waals surface area (Å²) in [5.41, 5.74) is 8.17. The molecule has 2 nitrogen and oxygen atoms in total. The molecule has 0 saturated heterocycles. The van der Waals surface area contributed by atoms with Crippen LogP contribution in [-0.4, -0.2) is 9.38 Å². The van der Waals surface area contributed by atoms with E-state index < -0.39 is 0 Å². The van der Waals surface area contributed by atoms with Crippen molar-refractivity contribution in [2.45, 2.75) is 12.3 Å². The highest BCUT2D eigenvalue weighted by Crippen LogP contribution is 2.34. The Balaban J connectivity index is 1.41. The molecule has 1 aliphatic carbocycles. The van der Waals surface area contributed by atoms with Crippen LogP contribution in [-0.2, 0) is 0 Å². The number of rotatable bonds is 2. The van der Waals surface area contributed by atoms with Crippen molar-refractivity contribution in [1.82, 2.24) is 9.38 Å². The molecule has 156 valence electrons. The third-order valence-corrected chi connectivity index (χ3v) is 6.91. The van der Waals surface area contributed by atoms with E-state index >= 15 is 0 Å². The van der Waals surface area contributed by atoms with E-state index in [2.05, 4.69) is 120 Å². The van der Waals surface area contributed by atoms with Gasteiger partial charge in [0.2, 0.25) is 0 Å². The molecule has 1 aliphatic rings. The third kappa shape index (κ3) is 2.84. The number of hydrogen-bond acceptors (Lipinski definition) is 1. The van der Waals surface area contributed by atoms with Gasteiger partial charge >= 0.3 is 0 Å². The van der Waals surface area contributed by atoms with Crippen molar-refractivity contribution < 1.29 is 0 Å². The van der Waals surface area contributed by atoms with Gasteiger partial charge in [0.1, 0.15) is 5.65 Å². The first kappa shape index (κ1) is 18.4. The van der Waals surface area contributed by atoms with Gasteiger partial charge in [0.15, 0.2) is 0 Å². The minimum atomic E-state index is 0.478. The third-order valence-electron chi connectivity index (χ3n) is 6.91. The molecular formula is C31H22N2. The van der Waals surface area contributed by atoms with E-state index in [1.165, 1.54) is 38.4 Å². The Labute approximate surface area is 192 Å². The van der Waals surface area contributed by atoms with Gasteiger partial charge in [-0.2, -0.15) is 0 Å². The second-order valence-electron chi connectivity index (χ2n) is 8.81. The van der Waals surface area contributed by atoms with E-state index in [1.807, 2.05) is 0 Å². The molecule has 0 N–H and O–H groups in total. The largest absolute Gasteiger partial charge is 0.292 e. The lowest BCUT2D eigenvalue weighted by atomic mass is 9.91.